The second-order valence-corrected chi connectivity index (χ2v) is 6.73. The molecule has 124 valence electrons. The largest absolute Gasteiger partial charge is 0.382 e. The SMILES string of the molecule is CC1(C)OC2[C@@H](O1)[C@@H](OO)O[C@H]2n1cnc2c(N)nc(I)nc21. The Bertz CT molecular complexity index is 768. The van der Waals surface area contributed by atoms with E-state index in [2.05, 4.69) is 19.8 Å². The van der Waals surface area contributed by atoms with Gasteiger partial charge in [-0.3, -0.25) is 4.57 Å². The molecule has 11 heteroatoms. The maximum Gasteiger partial charge on any atom is 0.222 e. The molecule has 0 spiro atoms. The normalized spacial score (nSPS) is 32.5. The minimum Gasteiger partial charge on any atom is -0.382 e. The van der Waals surface area contributed by atoms with Crippen LogP contribution in [0.5, 0.6) is 0 Å². The zero-order valence-corrected chi connectivity index (χ0v) is 14.4. The lowest BCUT2D eigenvalue weighted by Gasteiger charge is -2.23. The summed E-state index contributed by atoms with van der Waals surface area (Å²) in [6.45, 7) is 3.57. The number of aromatic nitrogens is 4. The monoisotopic (exact) mass is 435 g/mol. The molecule has 0 aromatic carbocycles. The van der Waals surface area contributed by atoms with Crippen molar-refractivity contribution < 1.29 is 24.4 Å². The molecule has 0 radical (unpaired) electrons. The zero-order chi connectivity index (χ0) is 16.4. The first-order valence-corrected chi connectivity index (χ1v) is 7.94. The number of nitrogens with zero attached hydrogens (tertiary/aromatic N) is 4. The zero-order valence-electron chi connectivity index (χ0n) is 12.2. The van der Waals surface area contributed by atoms with E-state index in [9.17, 15) is 0 Å². The first-order chi connectivity index (χ1) is 10.9. The van der Waals surface area contributed by atoms with Gasteiger partial charge in [-0.25, -0.2) is 25.1 Å². The van der Waals surface area contributed by atoms with Crippen LogP contribution in [-0.4, -0.2) is 49.1 Å². The third-order valence-electron chi connectivity index (χ3n) is 3.79. The number of hydrogen-bond acceptors (Lipinski definition) is 9. The van der Waals surface area contributed by atoms with E-state index < -0.39 is 30.5 Å². The molecule has 2 saturated heterocycles. The third-order valence-corrected chi connectivity index (χ3v) is 4.27. The maximum absolute atomic E-state index is 9.07. The number of imidazole rings is 1. The van der Waals surface area contributed by atoms with Crippen LogP contribution in [0.3, 0.4) is 0 Å². The highest BCUT2D eigenvalue weighted by molar-refractivity contribution is 14.1. The van der Waals surface area contributed by atoms with Gasteiger partial charge < -0.3 is 19.9 Å². The number of nitrogens with two attached hydrogens (primary N) is 1. The molecule has 0 aliphatic carbocycles. The molecule has 2 aliphatic heterocycles. The molecule has 3 N–H and O–H groups in total. The molecule has 4 rings (SSSR count). The lowest BCUT2D eigenvalue weighted by Crippen LogP contribution is -2.30. The molecule has 0 saturated carbocycles. The van der Waals surface area contributed by atoms with Gasteiger partial charge in [-0.2, -0.15) is 0 Å². The van der Waals surface area contributed by atoms with Crippen LogP contribution in [0.25, 0.3) is 11.2 Å². The summed E-state index contributed by atoms with van der Waals surface area (Å²) in [5, 5.41) is 9.07. The molecule has 2 aliphatic rings. The summed E-state index contributed by atoms with van der Waals surface area (Å²) in [6, 6.07) is 0. The van der Waals surface area contributed by atoms with E-state index in [4.69, 9.17) is 25.2 Å². The third kappa shape index (κ3) is 2.38. The number of anilines is 1. The summed E-state index contributed by atoms with van der Waals surface area (Å²) in [7, 11) is 0. The Morgan fingerprint density at radius 1 is 1.35 bits per heavy atom. The molecule has 23 heavy (non-hydrogen) atoms. The predicted octanol–water partition coefficient (Wildman–Crippen LogP) is 0.878. The van der Waals surface area contributed by atoms with Crippen LogP contribution in [0.1, 0.15) is 20.1 Å². The molecule has 4 heterocycles. The lowest BCUT2D eigenvalue weighted by atomic mass is 10.2. The molecule has 10 nitrogen and oxygen atoms in total. The summed E-state index contributed by atoms with van der Waals surface area (Å²) in [4.78, 5) is 17.1. The van der Waals surface area contributed by atoms with Crippen LogP contribution < -0.4 is 5.73 Å². The summed E-state index contributed by atoms with van der Waals surface area (Å²) in [5.41, 5.74) is 6.86. The molecular formula is C12H14IN5O5. The van der Waals surface area contributed by atoms with Crippen molar-refractivity contribution in [2.75, 3.05) is 5.73 Å². The second-order valence-electron chi connectivity index (χ2n) is 5.77. The Kier molecular flexibility index (Phi) is 3.48. The van der Waals surface area contributed by atoms with Gasteiger partial charge in [0.25, 0.3) is 0 Å². The minimum absolute atomic E-state index is 0.284. The maximum atomic E-state index is 9.07. The molecule has 2 aromatic heterocycles. The fourth-order valence-corrected chi connectivity index (χ4v) is 3.43. The standard InChI is InChI=1S/C12H14IN5O5/c1-12(2)21-5-6(22-12)10(23-19)20-9(5)18-3-15-4-7(14)16-11(13)17-8(4)18/h3,5-6,9-10,19H,1-2H3,(H2,14,16,17)/t5?,6-,9-,10-/m1/s1. The summed E-state index contributed by atoms with van der Waals surface area (Å²) in [5.74, 6) is -0.529. The number of rotatable bonds is 2. The topological polar surface area (TPSA) is 127 Å². The van der Waals surface area contributed by atoms with E-state index in [0.717, 1.165) is 0 Å². The first kappa shape index (κ1) is 15.4. The van der Waals surface area contributed by atoms with Crippen molar-refractivity contribution in [3.63, 3.8) is 0 Å². The second kappa shape index (κ2) is 5.19. The highest BCUT2D eigenvalue weighted by atomic mass is 127. The van der Waals surface area contributed by atoms with Gasteiger partial charge in [0.05, 0.1) is 6.33 Å². The van der Waals surface area contributed by atoms with Gasteiger partial charge in [0.1, 0.15) is 17.7 Å². The van der Waals surface area contributed by atoms with Crippen LogP contribution in [0.2, 0.25) is 0 Å². The highest BCUT2D eigenvalue weighted by Gasteiger charge is 2.57. The molecule has 4 atom stereocenters. The number of fused-ring (bicyclic) bond motifs is 2. The van der Waals surface area contributed by atoms with Gasteiger partial charge in [-0.05, 0) is 13.8 Å². The summed E-state index contributed by atoms with van der Waals surface area (Å²) in [6.07, 6.45) is -1.12. The molecule has 0 amide bonds. The molecule has 2 fully saturated rings. The fraction of sp³-hybridized carbons (Fsp3) is 0.583. The van der Waals surface area contributed by atoms with Crippen molar-refractivity contribution in [1.29, 1.82) is 0 Å². The predicted molar refractivity (Wildman–Crippen MR) is 83.9 cm³/mol. The lowest BCUT2D eigenvalue weighted by molar-refractivity contribution is -0.367. The highest BCUT2D eigenvalue weighted by Crippen LogP contribution is 2.43. The van der Waals surface area contributed by atoms with Gasteiger partial charge in [0, 0.05) is 22.6 Å². The van der Waals surface area contributed by atoms with Crippen molar-refractivity contribution in [3.8, 4) is 0 Å². The quantitative estimate of drug-likeness (QED) is 0.306. The number of ether oxygens (including phenoxy) is 3. The van der Waals surface area contributed by atoms with Crippen molar-refractivity contribution >= 4 is 39.6 Å². The van der Waals surface area contributed by atoms with Gasteiger partial charge >= 0.3 is 0 Å². The van der Waals surface area contributed by atoms with E-state index in [1.54, 1.807) is 24.7 Å². The Balaban J connectivity index is 1.79. The molecule has 1 unspecified atom stereocenters. The van der Waals surface area contributed by atoms with Crippen molar-refractivity contribution in [2.24, 2.45) is 0 Å². The van der Waals surface area contributed by atoms with Crippen LogP contribution in [0, 0.1) is 3.83 Å². The van der Waals surface area contributed by atoms with Gasteiger partial charge in [-0.15, -0.1) is 0 Å². The Morgan fingerprint density at radius 3 is 2.83 bits per heavy atom. The van der Waals surface area contributed by atoms with E-state index >= 15 is 0 Å². The summed E-state index contributed by atoms with van der Waals surface area (Å²) < 4.78 is 19.5. The van der Waals surface area contributed by atoms with Crippen molar-refractivity contribution in [1.82, 2.24) is 19.5 Å². The Hall–Kier alpha value is -1.12. The van der Waals surface area contributed by atoms with E-state index in [1.165, 1.54) is 0 Å². The molecule has 2 aromatic rings. The van der Waals surface area contributed by atoms with Crippen molar-refractivity contribution in [2.45, 2.75) is 44.4 Å². The van der Waals surface area contributed by atoms with Crippen molar-refractivity contribution in [3.05, 3.63) is 10.2 Å². The molecule has 0 bridgehead atoms. The van der Waals surface area contributed by atoms with E-state index in [-0.39, 0.29) is 5.82 Å². The van der Waals surface area contributed by atoms with E-state index in [1.807, 2.05) is 22.6 Å². The number of hydrogen-bond donors (Lipinski definition) is 2. The molecular weight excluding hydrogens is 421 g/mol. The smallest absolute Gasteiger partial charge is 0.222 e. The summed E-state index contributed by atoms with van der Waals surface area (Å²) >= 11 is 1.97. The number of halogens is 1. The van der Waals surface area contributed by atoms with Crippen LogP contribution in [0.15, 0.2) is 6.33 Å². The average Bonchev–Trinajstić information content (AvgIpc) is 3.09. The first-order valence-electron chi connectivity index (χ1n) is 6.86. The van der Waals surface area contributed by atoms with Gasteiger partial charge in [0.2, 0.25) is 6.29 Å². The van der Waals surface area contributed by atoms with Crippen LogP contribution in [0.4, 0.5) is 5.82 Å². The van der Waals surface area contributed by atoms with Crippen LogP contribution >= 0.6 is 22.6 Å². The fourth-order valence-electron chi connectivity index (χ4n) is 2.95. The van der Waals surface area contributed by atoms with Gasteiger partial charge in [0.15, 0.2) is 27.3 Å². The average molecular weight is 435 g/mol. The van der Waals surface area contributed by atoms with Crippen LogP contribution in [-0.2, 0) is 19.1 Å². The minimum atomic E-state index is -0.970. The van der Waals surface area contributed by atoms with Gasteiger partial charge in [-0.1, -0.05) is 0 Å². The Morgan fingerprint density at radius 2 is 2.09 bits per heavy atom. The van der Waals surface area contributed by atoms with E-state index in [0.29, 0.717) is 15.0 Å². The Labute approximate surface area is 144 Å². The number of nitrogen functional groups attached to an aromatic ring is 1.